The van der Waals surface area contributed by atoms with Gasteiger partial charge >= 0.3 is 0 Å². The fraction of sp³-hybridized carbons (Fsp3) is 0.250. The van der Waals surface area contributed by atoms with Gasteiger partial charge in [0.25, 0.3) is 0 Å². The Morgan fingerprint density at radius 1 is 1.33 bits per heavy atom. The van der Waals surface area contributed by atoms with Crippen LogP contribution in [0.1, 0.15) is 23.2 Å². The highest BCUT2D eigenvalue weighted by molar-refractivity contribution is 5.72. The second-order valence-corrected chi connectivity index (χ2v) is 6.34. The summed E-state index contributed by atoms with van der Waals surface area (Å²) in [4.78, 5) is 8.00. The predicted molar refractivity (Wildman–Crippen MR) is 104 cm³/mol. The van der Waals surface area contributed by atoms with Crippen molar-refractivity contribution in [2.45, 2.75) is 12.8 Å². The van der Waals surface area contributed by atoms with Gasteiger partial charge in [-0.1, -0.05) is 12.1 Å². The molecular weight excluding hydrogens is 340 g/mol. The fourth-order valence-corrected chi connectivity index (χ4v) is 3.43. The number of nitrogens with two attached hydrogens (primary N) is 1. The standard InChI is InChI=1S/C20H20N6O/c21-12-17-19(22)24-13-25-20(17)23-7-4-15-11-16-3-1-2-8-26(16)18(15)14-5-9-27-10-6-14/h1-3,5,8,11,13H,4,6-7,9-10H2,(H3,22,23,24,25). The number of nitrogens with zero attached hydrogens (tertiary/aromatic N) is 4. The molecule has 27 heavy (non-hydrogen) atoms. The van der Waals surface area contributed by atoms with E-state index in [-0.39, 0.29) is 11.4 Å². The van der Waals surface area contributed by atoms with Crippen molar-refractivity contribution in [2.75, 3.05) is 30.8 Å². The molecule has 136 valence electrons. The van der Waals surface area contributed by atoms with Gasteiger partial charge in [-0.25, -0.2) is 9.97 Å². The normalized spacial score (nSPS) is 14.0. The molecule has 0 aromatic carbocycles. The number of nitrogens with one attached hydrogen (secondary N) is 1. The van der Waals surface area contributed by atoms with Gasteiger partial charge < -0.3 is 20.2 Å². The van der Waals surface area contributed by atoms with Crippen LogP contribution in [0.25, 0.3) is 11.1 Å². The molecular formula is C20H20N6O. The van der Waals surface area contributed by atoms with Gasteiger partial charge in [0, 0.05) is 18.3 Å². The molecule has 7 heteroatoms. The van der Waals surface area contributed by atoms with E-state index in [0.29, 0.717) is 19.0 Å². The van der Waals surface area contributed by atoms with Crippen LogP contribution in [0.3, 0.4) is 0 Å². The third-order valence-corrected chi connectivity index (χ3v) is 4.70. The number of nitriles is 1. The van der Waals surface area contributed by atoms with Crippen LogP contribution in [0.4, 0.5) is 11.6 Å². The smallest absolute Gasteiger partial charge is 0.149 e. The SMILES string of the molecule is N#Cc1c(N)ncnc1NCCc1cc2ccccn2c1C1=CCOCC1. The lowest BCUT2D eigenvalue weighted by atomic mass is 10.0. The monoisotopic (exact) mass is 360 g/mol. The van der Waals surface area contributed by atoms with E-state index >= 15 is 0 Å². The first-order chi connectivity index (χ1) is 13.3. The van der Waals surface area contributed by atoms with Crippen LogP contribution in [0, 0.1) is 11.3 Å². The third kappa shape index (κ3) is 3.35. The number of rotatable bonds is 5. The molecule has 0 amide bonds. The summed E-state index contributed by atoms with van der Waals surface area (Å²) in [5.41, 5.74) is 11.0. The molecule has 3 aromatic heterocycles. The summed E-state index contributed by atoms with van der Waals surface area (Å²) >= 11 is 0. The van der Waals surface area contributed by atoms with E-state index in [4.69, 9.17) is 10.5 Å². The van der Waals surface area contributed by atoms with Crippen molar-refractivity contribution >= 4 is 22.7 Å². The molecule has 0 fully saturated rings. The van der Waals surface area contributed by atoms with Crippen LogP contribution in [-0.4, -0.2) is 34.1 Å². The Morgan fingerprint density at radius 3 is 3.07 bits per heavy atom. The molecule has 3 N–H and O–H groups in total. The summed E-state index contributed by atoms with van der Waals surface area (Å²) in [6.07, 6.45) is 7.32. The molecule has 0 bridgehead atoms. The van der Waals surface area contributed by atoms with Crippen molar-refractivity contribution in [1.82, 2.24) is 14.4 Å². The molecule has 1 aliphatic rings. The van der Waals surface area contributed by atoms with Crippen LogP contribution < -0.4 is 11.1 Å². The molecule has 0 spiro atoms. The maximum Gasteiger partial charge on any atom is 0.149 e. The van der Waals surface area contributed by atoms with Crippen molar-refractivity contribution < 1.29 is 4.74 Å². The molecule has 1 aliphatic heterocycles. The quantitative estimate of drug-likeness (QED) is 0.725. The number of hydrogen-bond acceptors (Lipinski definition) is 6. The molecule has 0 saturated heterocycles. The Bertz CT molecular complexity index is 1050. The molecule has 4 heterocycles. The largest absolute Gasteiger partial charge is 0.382 e. The zero-order chi connectivity index (χ0) is 18.6. The van der Waals surface area contributed by atoms with Gasteiger partial charge in [-0.3, -0.25) is 0 Å². The third-order valence-electron chi connectivity index (χ3n) is 4.70. The van der Waals surface area contributed by atoms with E-state index in [9.17, 15) is 5.26 Å². The second kappa shape index (κ2) is 7.48. The van der Waals surface area contributed by atoms with E-state index in [1.54, 1.807) is 0 Å². The first-order valence-corrected chi connectivity index (χ1v) is 8.88. The van der Waals surface area contributed by atoms with Gasteiger partial charge in [-0.05, 0) is 42.2 Å². The first-order valence-electron chi connectivity index (χ1n) is 8.88. The minimum atomic E-state index is 0.192. The van der Waals surface area contributed by atoms with E-state index in [2.05, 4.69) is 50.2 Å². The number of hydrogen-bond donors (Lipinski definition) is 2. The zero-order valence-electron chi connectivity index (χ0n) is 14.9. The number of pyridine rings is 1. The molecule has 3 aromatic rings. The Labute approximate surface area is 157 Å². The van der Waals surface area contributed by atoms with Gasteiger partial charge in [0.05, 0.1) is 18.9 Å². The van der Waals surface area contributed by atoms with E-state index in [1.807, 2.05) is 12.1 Å². The molecule has 0 unspecified atom stereocenters. The number of anilines is 2. The van der Waals surface area contributed by atoms with Crippen LogP contribution >= 0.6 is 0 Å². The summed E-state index contributed by atoms with van der Waals surface area (Å²) < 4.78 is 7.70. The van der Waals surface area contributed by atoms with Crippen molar-refractivity contribution in [3.63, 3.8) is 0 Å². The fourth-order valence-electron chi connectivity index (χ4n) is 3.43. The number of ether oxygens (including phenoxy) is 1. The summed E-state index contributed by atoms with van der Waals surface area (Å²) in [7, 11) is 0. The molecule has 0 aliphatic carbocycles. The van der Waals surface area contributed by atoms with Crippen molar-refractivity contribution in [3.8, 4) is 6.07 Å². The van der Waals surface area contributed by atoms with Gasteiger partial charge in [-0.15, -0.1) is 0 Å². The summed E-state index contributed by atoms with van der Waals surface area (Å²) in [6.45, 7) is 2.03. The maximum absolute atomic E-state index is 9.25. The zero-order valence-corrected chi connectivity index (χ0v) is 14.9. The molecule has 0 radical (unpaired) electrons. The van der Waals surface area contributed by atoms with Crippen molar-refractivity contribution in [1.29, 1.82) is 5.26 Å². The Kier molecular flexibility index (Phi) is 4.73. The lowest BCUT2D eigenvalue weighted by molar-refractivity contribution is 0.161. The highest BCUT2D eigenvalue weighted by atomic mass is 16.5. The van der Waals surface area contributed by atoms with Gasteiger partial charge in [-0.2, -0.15) is 5.26 Å². The van der Waals surface area contributed by atoms with E-state index < -0.39 is 0 Å². The average Bonchev–Trinajstić information content (AvgIpc) is 3.07. The van der Waals surface area contributed by atoms with Crippen LogP contribution in [-0.2, 0) is 11.2 Å². The van der Waals surface area contributed by atoms with Crippen molar-refractivity contribution in [2.24, 2.45) is 0 Å². The topological polar surface area (TPSA) is 101 Å². The van der Waals surface area contributed by atoms with Crippen LogP contribution in [0.15, 0.2) is 42.9 Å². The number of nitrogen functional groups attached to an aromatic ring is 1. The highest BCUT2D eigenvalue weighted by Crippen LogP contribution is 2.28. The lowest BCUT2D eigenvalue weighted by Gasteiger charge is -2.16. The summed E-state index contributed by atoms with van der Waals surface area (Å²) in [5.74, 6) is 0.665. The average molecular weight is 360 g/mol. The van der Waals surface area contributed by atoms with Gasteiger partial charge in [0.15, 0.2) is 0 Å². The predicted octanol–water partition coefficient (Wildman–Crippen LogP) is 2.64. The van der Waals surface area contributed by atoms with Gasteiger partial charge in [0.1, 0.15) is 29.6 Å². The molecule has 0 saturated carbocycles. The minimum absolute atomic E-state index is 0.192. The van der Waals surface area contributed by atoms with Gasteiger partial charge in [0.2, 0.25) is 0 Å². The number of aromatic nitrogens is 3. The summed E-state index contributed by atoms with van der Waals surface area (Å²) in [5, 5.41) is 12.5. The van der Waals surface area contributed by atoms with E-state index in [1.165, 1.54) is 28.7 Å². The molecule has 0 atom stereocenters. The van der Waals surface area contributed by atoms with E-state index in [0.717, 1.165) is 19.4 Å². The molecule has 7 nitrogen and oxygen atoms in total. The van der Waals surface area contributed by atoms with Crippen molar-refractivity contribution in [3.05, 3.63) is 59.7 Å². The maximum atomic E-state index is 9.25. The first kappa shape index (κ1) is 17.1. The highest BCUT2D eigenvalue weighted by Gasteiger charge is 2.16. The minimum Gasteiger partial charge on any atom is -0.382 e. The Hall–Kier alpha value is -3.37. The Morgan fingerprint density at radius 2 is 2.26 bits per heavy atom. The van der Waals surface area contributed by atoms with Crippen LogP contribution in [0.5, 0.6) is 0 Å². The van der Waals surface area contributed by atoms with Crippen LogP contribution in [0.2, 0.25) is 0 Å². The summed E-state index contributed by atoms with van der Waals surface area (Å²) in [6, 6.07) is 10.5. The number of fused-ring (bicyclic) bond motifs is 1. The second-order valence-electron chi connectivity index (χ2n) is 6.34. The molecule has 4 rings (SSSR count). The Balaban J connectivity index is 1.60. The lowest BCUT2D eigenvalue weighted by Crippen LogP contribution is -2.11.